The standard InChI is InChI=1S/C18H21NO/c1-3-15(2)14-20-18-8-6-16(7-9-18)4-5-17-10-12-19-13-11-17/h4-13,15H,3,14H2,1-2H3/b5-4+/t15-/m0/s1. The average Bonchev–Trinajstić information content (AvgIpc) is 2.52. The third kappa shape index (κ3) is 4.54. The van der Waals surface area contributed by atoms with Crippen LogP contribution in [0.3, 0.4) is 0 Å². The normalized spacial score (nSPS) is 12.5. The fourth-order valence-corrected chi connectivity index (χ4v) is 1.70. The molecule has 2 aromatic rings. The van der Waals surface area contributed by atoms with Gasteiger partial charge in [-0.15, -0.1) is 0 Å². The molecule has 0 N–H and O–H groups in total. The van der Waals surface area contributed by atoms with E-state index in [1.165, 1.54) is 0 Å². The number of benzene rings is 1. The molecule has 0 saturated carbocycles. The van der Waals surface area contributed by atoms with Crippen LogP contribution in [0.15, 0.2) is 48.8 Å². The zero-order valence-corrected chi connectivity index (χ0v) is 12.1. The highest BCUT2D eigenvalue weighted by Gasteiger charge is 1.99. The van der Waals surface area contributed by atoms with Crippen LogP contribution in [-0.4, -0.2) is 11.6 Å². The van der Waals surface area contributed by atoms with Crippen molar-refractivity contribution >= 4 is 12.2 Å². The molecule has 0 aliphatic heterocycles. The van der Waals surface area contributed by atoms with Crippen molar-refractivity contribution in [2.75, 3.05) is 6.61 Å². The van der Waals surface area contributed by atoms with Crippen LogP contribution < -0.4 is 4.74 Å². The Balaban J connectivity index is 1.93. The Kier molecular flexibility index (Phi) is 5.36. The van der Waals surface area contributed by atoms with Crippen molar-refractivity contribution in [2.24, 2.45) is 5.92 Å². The van der Waals surface area contributed by atoms with Gasteiger partial charge in [-0.2, -0.15) is 0 Å². The van der Waals surface area contributed by atoms with E-state index < -0.39 is 0 Å². The third-order valence-corrected chi connectivity index (χ3v) is 3.29. The smallest absolute Gasteiger partial charge is 0.119 e. The quantitative estimate of drug-likeness (QED) is 0.758. The summed E-state index contributed by atoms with van der Waals surface area (Å²) < 4.78 is 5.74. The van der Waals surface area contributed by atoms with Crippen molar-refractivity contribution in [1.82, 2.24) is 4.98 Å². The van der Waals surface area contributed by atoms with E-state index in [1.807, 2.05) is 24.3 Å². The van der Waals surface area contributed by atoms with E-state index in [0.717, 1.165) is 29.9 Å². The summed E-state index contributed by atoms with van der Waals surface area (Å²) >= 11 is 0. The van der Waals surface area contributed by atoms with Gasteiger partial charge in [-0.05, 0) is 41.3 Å². The molecule has 1 heterocycles. The Labute approximate surface area is 121 Å². The minimum Gasteiger partial charge on any atom is -0.493 e. The molecule has 2 rings (SSSR count). The van der Waals surface area contributed by atoms with Crippen molar-refractivity contribution in [3.63, 3.8) is 0 Å². The summed E-state index contributed by atoms with van der Waals surface area (Å²) in [5, 5.41) is 0. The number of aromatic nitrogens is 1. The predicted octanol–water partition coefficient (Wildman–Crippen LogP) is 4.68. The Morgan fingerprint density at radius 3 is 2.20 bits per heavy atom. The molecule has 2 nitrogen and oxygen atoms in total. The molecule has 0 unspecified atom stereocenters. The number of hydrogen-bond acceptors (Lipinski definition) is 2. The fourth-order valence-electron chi connectivity index (χ4n) is 1.70. The molecule has 0 saturated heterocycles. The number of hydrogen-bond donors (Lipinski definition) is 0. The first-order chi connectivity index (χ1) is 9.78. The van der Waals surface area contributed by atoms with Gasteiger partial charge in [-0.1, -0.05) is 44.6 Å². The molecule has 104 valence electrons. The van der Waals surface area contributed by atoms with Gasteiger partial charge in [0.25, 0.3) is 0 Å². The molecule has 0 aliphatic rings. The van der Waals surface area contributed by atoms with Crippen molar-refractivity contribution in [3.05, 3.63) is 59.9 Å². The fraction of sp³-hybridized carbons (Fsp3) is 0.278. The van der Waals surface area contributed by atoms with Gasteiger partial charge in [-0.3, -0.25) is 4.98 Å². The van der Waals surface area contributed by atoms with Crippen LogP contribution in [0.2, 0.25) is 0 Å². The first-order valence-corrected chi connectivity index (χ1v) is 7.09. The van der Waals surface area contributed by atoms with E-state index in [9.17, 15) is 0 Å². The number of pyridine rings is 1. The summed E-state index contributed by atoms with van der Waals surface area (Å²) in [7, 11) is 0. The second-order valence-electron chi connectivity index (χ2n) is 5.01. The van der Waals surface area contributed by atoms with Gasteiger partial charge < -0.3 is 4.74 Å². The van der Waals surface area contributed by atoms with Crippen LogP contribution in [-0.2, 0) is 0 Å². The minimum absolute atomic E-state index is 0.598. The van der Waals surface area contributed by atoms with Gasteiger partial charge >= 0.3 is 0 Å². The lowest BCUT2D eigenvalue weighted by Crippen LogP contribution is -2.06. The highest BCUT2D eigenvalue weighted by Crippen LogP contribution is 2.15. The molecule has 1 aromatic carbocycles. The number of ether oxygens (including phenoxy) is 1. The Morgan fingerprint density at radius 1 is 1.00 bits per heavy atom. The maximum atomic E-state index is 5.74. The van der Waals surface area contributed by atoms with Crippen LogP contribution in [0.25, 0.3) is 12.2 Å². The van der Waals surface area contributed by atoms with E-state index in [1.54, 1.807) is 12.4 Å². The van der Waals surface area contributed by atoms with Crippen molar-refractivity contribution in [3.8, 4) is 5.75 Å². The Bertz CT molecular complexity index is 531. The molecule has 20 heavy (non-hydrogen) atoms. The highest BCUT2D eigenvalue weighted by atomic mass is 16.5. The van der Waals surface area contributed by atoms with Gasteiger partial charge in [0.1, 0.15) is 5.75 Å². The zero-order chi connectivity index (χ0) is 14.2. The minimum atomic E-state index is 0.598. The van der Waals surface area contributed by atoms with Crippen molar-refractivity contribution < 1.29 is 4.74 Å². The van der Waals surface area contributed by atoms with E-state index >= 15 is 0 Å². The number of rotatable bonds is 6. The first-order valence-electron chi connectivity index (χ1n) is 7.09. The summed E-state index contributed by atoms with van der Waals surface area (Å²) in [6.45, 7) is 5.16. The van der Waals surface area contributed by atoms with Crippen LogP contribution in [0.5, 0.6) is 5.75 Å². The molecule has 2 heteroatoms. The second-order valence-corrected chi connectivity index (χ2v) is 5.01. The highest BCUT2D eigenvalue weighted by molar-refractivity contribution is 5.69. The van der Waals surface area contributed by atoms with E-state index in [-0.39, 0.29) is 0 Å². The lowest BCUT2D eigenvalue weighted by molar-refractivity contribution is 0.256. The summed E-state index contributed by atoms with van der Waals surface area (Å²) in [5.74, 6) is 1.53. The van der Waals surface area contributed by atoms with Crippen LogP contribution >= 0.6 is 0 Å². The molecule has 0 spiro atoms. The van der Waals surface area contributed by atoms with Crippen LogP contribution in [0.4, 0.5) is 0 Å². The first kappa shape index (κ1) is 14.3. The van der Waals surface area contributed by atoms with Crippen LogP contribution in [0, 0.1) is 5.92 Å². The average molecular weight is 267 g/mol. The Morgan fingerprint density at radius 2 is 1.60 bits per heavy atom. The zero-order valence-electron chi connectivity index (χ0n) is 12.1. The van der Waals surface area contributed by atoms with E-state index in [4.69, 9.17) is 4.74 Å². The SMILES string of the molecule is CC[C@H](C)COc1ccc(/C=C/c2ccncc2)cc1. The van der Waals surface area contributed by atoms with E-state index in [0.29, 0.717) is 5.92 Å². The molecular weight excluding hydrogens is 246 g/mol. The van der Waals surface area contributed by atoms with E-state index in [2.05, 4.69) is 43.1 Å². The molecule has 0 radical (unpaired) electrons. The molecule has 1 atom stereocenters. The molecular formula is C18H21NO. The topological polar surface area (TPSA) is 22.1 Å². The molecule has 0 aliphatic carbocycles. The molecule has 0 bridgehead atoms. The van der Waals surface area contributed by atoms with Crippen LogP contribution in [0.1, 0.15) is 31.4 Å². The summed E-state index contributed by atoms with van der Waals surface area (Å²) in [6, 6.07) is 12.2. The lowest BCUT2D eigenvalue weighted by Gasteiger charge is -2.10. The third-order valence-electron chi connectivity index (χ3n) is 3.29. The van der Waals surface area contributed by atoms with Crippen molar-refractivity contribution in [1.29, 1.82) is 0 Å². The monoisotopic (exact) mass is 267 g/mol. The number of nitrogens with zero attached hydrogens (tertiary/aromatic N) is 1. The Hall–Kier alpha value is -2.09. The van der Waals surface area contributed by atoms with Gasteiger partial charge in [0, 0.05) is 12.4 Å². The van der Waals surface area contributed by atoms with Gasteiger partial charge in [0.05, 0.1) is 6.61 Å². The summed E-state index contributed by atoms with van der Waals surface area (Å²) in [5.41, 5.74) is 2.31. The van der Waals surface area contributed by atoms with Crippen molar-refractivity contribution in [2.45, 2.75) is 20.3 Å². The van der Waals surface area contributed by atoms with Gasteiger partial charge in [0.15, 0.2) is 0 Å². The predicted molar refractivity (Wildman–Crippen MR) is 84.6 cm³/mol. The second kappa shape index (κ2) is 7.49. The summed E-state index contributed by atoms with van der Waals surface area (Å²) in [4.78, 5) is 4.00. The molecule has 0 amide bonds. The van der Waals surface area contributed by atoms with Gasteiger partial charge in [0.2, 0.25) is 0 Å². The molecule has 1 aromatic heterocycles. The van der Waals surface area contributed by atoms with Gasteiger partial charge in [-0.25, -0.2) is 0 Å². The maximum absolute atomic E-state index is 5.74. The molecule has 0 fully saturated rings. The largest absolute Gasteiger partial charge is 0.493 e. The maximum Gasteiger partial charge on any atom is 0.119 e. The lowest BCUT2D eigenvalue weighted by atomic mass is 10.1. The summed E-state index contributed by atoms with van der Waals surface area (Å²) in [6.07, 6.45) is 8.91.